The van der Waals surface area contributed by atoms with Gasteiger partial charge in [0, 0.05) is 25.7 Å². The van der Waals surface area contributed by atoms with Crippen molar-refractivity contribution in [2.45, 2.75) is 458 Å². The van der Waals surface area contributed by atoms with E-state index < -0.39 is 97.5 Å². The monoisotopic (exact) mass is 1490 g/mol. The van der Waals surface area contributed by atoms with Crippen LogP contribution in [0.1, 0.15) is 440 Å². The van der Waals surface area contributed by atoms with Crippen LogP contribution in [0.3, 0.4) is 0 Å². The minimum Gasteiger partial charge on any atom is -0.462 e. The Hall–Kier alpha value is -1.94. The van der Waals surface area contributed by atoms with E-state index in [2.05, 4.69) is 41.5 Å². The fraction of sp³-hybridized carbons (Fsp3) is 0.952. The predicted octanol–water partition coefficient (Wildman–Crippen LogP) is 25.1. The minimum absolute atomic E-state index is 0.106. The van der Waals surface area contributed by atoms with E-state index >= 15 is 0 Å². The second-order valence-electron chi connectivity index (χ2n) is 30.8. The Balaban J connectivity index is 5.18. The smallest absolute Gasteiger partial charge is 0.462 e. The molecule has 0 saturated heterocycles. The summed E-state index contributed by atoms with van der Waals surface area (Å²) in [5.74, 6) is -0.561. The molecule has 19 heteroatoms. The number of unbranched alkanes of at least 4 members (excludes halogenated alkanes) is 52. The summed E-state index contributed by atoms with van der Waals surface area (Å²) in [6.45, 7) is 9.63. The number of hydrogen-bond donors (Lipinski definition) is 3. The molecule has 0 heterocycles. The molecule has 0 aromatic heterocycles. The van der Waals surface area contributed by atoms with Crippen LogP contribution < -0.4 is 0 Å². The van der Waals surface area contributed by atoms with Gasteiger partial charge in [-0.25, -0.2) is 9.13 Å². The summed E-state index contributed by atoms with van der Waals surface area (Å²) < 4.78 is 68.7. The number of carbonyl (C=O) groups is 4. The Labute approximate surface area is 626 Å². The Morgan fingerprint density at radius 1 is 0.265 bits per heavy atom. The molecule has 0 aromatic carbocycles. The van der Waals surface area contributed by atoms with Crippen LogP contribution in [0.25, 0.3) is 0 Å². The second-order valence-corrected chi connectivity index (χ2v) is 33.7. The normalized spacial score (nSPS) is 13.9. The fourth-order valence-corrected chi connectivity index (χ4v) is 14.5. The van der Waals surface area contributed by atoms with Crippen molar-refractivity contribution in [2.24, 2.45) is 11.8 Å². The summed E-state index contributed by atoms with van der Waals surface area (Å²) in [7, 11) is -9.92. The molecule has 606 valence electrons. The lowest BCUT2D eigenvalue weighted by molar-refractivity contribution is -0.161. The molecular weight excluding hydrogens is 1330 g/mol. The Morgan fingerprint density at radius 3 is 0.667 bits per heavy atom. The molecule has 0 aliphatic rings. The van der Waals surface area contributed by atoms with Gasteiger partial charge in [0.05, 0.1) is 26.4 Å². The average Bonchev–Trinajstić information content (AvgIpc) is 0.914. The summed E-state index contributed by atoms with van der Waals surface area (Å²) >= 11 is 0. The fourth-order valence-electron chi connectivity index (χ4n) is 12.9. The largest absolute Gasteiger partial charge is 0.472 e. The van der Waals surface area contributed by atoms with Crippen molar-refractivity contribution in [3.8, 4) is 0 Å². The quantitative estimate of drug-likeness (QED) is 0.0222. The third-order valence-corrected chi connectivity index (χ3v) is 21.4. The van der Waals surface area contributed by atoms with Crippen molar-refractivity contribution in [3.63, 3.8) is 0 Å². The third-order valence-electron chi connectivity index (χ3n) is 19.5. The van der Waals surface area contributed by atoms with Crippen molar-refractivity contribution in [1.82, 2.24) is 0 Å². The summed E-state index contributed by atoms with van der Waals surface area (Å²) in [6.07, 6.45) is 65.5. The van der Waals surface area contributed by atoms with E-state index in [9.17, 15) is 43.2 Å². The van der Waals surface area contributed by atoms with E-state index in [1.54, 1.807) is 0 Å². The molecule has 0 fully saturated rings. The number of ether oxygens (including phenoxy) is 4. The lowest BCUT2D eigenvalue weighted by Gasteiger charge is -2.21. The predicted molar refractivity (Wildman–Crippen MR) is 418 cm³/mol. The van der Waals surface area contributed by atoms with Crippen LogP contribution in [0.2, 0.25) is 0 Å². The van der Waals surface area contributed by atoms with E-state index in [0.717, 1.165) is 102 Å². The number of phosphoric ester groups is 2. The van der Waals surface area contributed by atoms with Crippen molar-refractivity contribution >= 4 is 39.5 Å². The first-order valence-electron chi connectivity index (χ1n) is 43.0. The molecule has 0 radical (unpaired) electrons. The van der Waals surface area contributed by atoms with Gasteiger partial charge >= 0.3 is 39.5 Å². The van der Waals surface area contributed by atoms with Crippen LogP contribution in [0, 0.1) is 11.8 Å². The van der Waals surface area contributed by atoms with Gasteiger partial charge in [0.2, 0.25) is 0 Å². The van der Waals surface area contributed by atoms with Gasteiger partial charge in [0.25, 0.3) is 0 Å². The number of hydrogen-bond acceptors (Lipinski definition) is 15. The first-order valence-corrected chi connectivity index (χ1v) is 46.0. The van der Waals surface area contributed by atoms with E-state index in [1.807, 2.05) is 0 Å². The van der Waals surface area contributed by atoms with Crippen molar-refractivity contribution in [3.05, 3.63) is 0 Å². The van der Waals surface area contributed by atoms with Crippen molar-refractivity contribution in [1.29, 1.82) is 0 Å². The maximum atomic E-state index is 13.1. The molecule has 2 unspecified atom stereocenters. The van der Waals surface area contributed by atoms with E-state index in [1.165, 1.54) is 257 Å². The summed E-state index contributed by atoms with van der Waals surface area (Å²) in [5, 5.41) is 10.6. The Bertz CT molecular complexity index is 1960. The van der Waals surface area contributed by atoms with Crippen molar-refractivity contribution < 1.29 is 80.2 Å². The van der Waals surface area contributed by atoms with Crippen LogP contribution in [-0.4, -0.2) is 96.7 Å². The lowest BCUT2D eigenvalue weighted by Crippen LogP contribution is -2.30. The molecule has 0 bridgehead atoms. The number of carbonyl (C=O) groups excluding carboxylic acids is 4. The topological polar surface area (TPSA) is 237 Å². The zero-order valence-electron chi connectivity index (χ0n) is 66.9. The minimum atomic E-state index is -4.96. The van der Waals surface area contributed by atoms with Gasteiger partial charge in [-0.15, -0.1) is 0 Å². The highest BCUT2D eigenvalue weighted by Gasteiger charge is 2.30. The summed E-state index contributed by atoms with van der Waals surface area (Å²) in [5.41, 5.74) is 0. The number of phosphoric acid groups is 2. The molecule has 5 atom stereocenters. The van der Waals surface area contributed by atoms with Crippen LogP contribution >= 0.6 is 15.6 Å². The highest BCUT2D eigenvalue weighted by Crippen LogP contribution is 2.45. The Morgan fingerprint density at radius 2 is 0.451 bits per heavy atom. The van der Waals surface area contributed by atoms with Crippen LogP contribution in [0.4, 0.5) is 0 Å². The van der Waals surface area contributed by atoms with Gasteiger partial charge < -0.3 is 33.8 Å². The molecule has 0 aromatic rings. The van der Waals surface area contributed by atoms with Crippen molar-refractivity contribution in [2.75, 3.05) is 39.6 Å². The van der Waals surface area contributed by atoms with Gasteiger partial charge in [0.1, 0.15) is 19.3 Å². The number of rotatable bonds is 82. The highest BCUT2D eigenvalue weighted by atomic mass is 31.2. The molecule has 0 rings (SSSR count). The molecule has 0 saturated carbocycles. The number of aliphatic hydroxyl groups is 1. The molecule has 3 N–H and O–H groups in total. The maximum absolute atomic E-state index is 13.1. The molecule has 0 aliphatic heterocycles. The SMILES string of the molecule is CCCCCCCCCCCCCCCCCCCCCCCCC(=O)O[C@H](COC(=O)CCCCCCCCCCCCCCCCCCC(C)C)COP(=O)(O)OC[C@@H](O)COP(=O)(O)OC[C@@H](COC(=O)CCCCCCCCCCC)OC(=O)CCCCCCCCCCCC(C)C. The zero-order valence-corrected chi connectivity index (χ0v) is 68.7. The maximum Gasteiger partial charge on any atom is 0.472 e. The van der Waals surface area contributed by atoms with Gasteiger partial charge in [0.15, 0.2) is 12.2 Å². The van der Waals surface area contributed by atoms with Crippen LogP contribution in [0.5, 0.6) is 0 Å². The lowest BCUT2D eigenvalue weighted by atomic mass is 10.0. The molecule has 0 aliphatic carbocycles. The third kappa shape index (κ3) is 76.3. The summed E-state index contributed by atoms with van der Waals surface area (Å²) in [6, 6.07) is 0. The second kappa shape index (κ2) is 74.5. The molecule has 0 spiro atoms. The van der Waals surface area contributed by atoms with Gasteiger partial charge in [-0.05, 0) is 37.5 Å². The molecule has 17 nitrogen and oxygen atoms in total. The molecule has 102 heavy (non-hydrogen) atoms. The van der Waals surface area contributed by atoms with Gasteiger partial charge in [-0.1, -0.05) is 388 Å². The molecule has 0 amide bonds. The highest BCUT2D eigenvalue weighted by molar-refractivity contribution is 7.47. The van der Waals surface area contributed by atoms with Gasteiger partial charge in [-0.2, -0.15) is 0 Å². The first-order chi connectivity index (χ1) is 49.4. The number of aliphatic hydroxyl groups excluding tert-OH is 1. The van der Waals surface area contributed by atoms with Crippen LogP contribution in [-0.2, 0) is 65.4 Å². The molecular formula is C83H162O17P2. The Kier molecular flexibility index (Phi) is 73.1. The average molecular weight is 1490 g/mol. The zero-order chi connectivity index (χ0) is 74.9. The van der Waals surface area contributed by atoms with E-state index in [-0.39, 0.29) is 25.7 Å². The van der Waals surface area contributed by atoms with Crippen LogP contribution in [0.15, 0.2) is 0 Å². The van der Waals surface area contributed by atoms with E-state index in [4.69, 9.17) is 37.0 Å². The van der Waals surface area contributed by atoms with Gasteiger partial charge in [-0.3, -0.25) is 37.3 Å². The van der Waals surface area contributed by atoms with E-state index in [0.29, 0.717) is 25.7 Å². The number of esters is 4. The standard InChI is InChI=1S/C83H162O17P2/c1-7-9-11-13-15-17-18-19-20-21-22-23-24-25-26-31-34-37-43-49-55-61-67-82(87)99-79(72-94-81(86)66-60-54-48-42-36-33-30-28-27-29-32-35-40-45-51-57-63-75(3)4)74-98-102(91,92)96-70-77(84)69-95-101(89,90)97-73-78(71-93-80(85)65-59-53-47-39-16-14-12-10-8-2)100-83(88)68-62-56-50-44-38-41-46-52-58-64-76(5)6/h75-79,84H,7-74H2,1-6H3,(H,89,90)(H,91,92)/t77-,78+,79+/m0/s1. The first kappa shape index (κ1) is 100. The summed E-state index contributed by atoms with van der Waals surface area (Å²) in [4.78, 5) is 73.0.